The lowest BCUT2D eigenvalue weighted by molar-refractivity contribution is 0.587. The van der Waals surface area contributed by atoms with Gasteiger partial charge in [0.05, 0.1) is 0 Å². The van der Waals surface area contributed by atoms with Crippen LogP contribution in [-0.2, 0) is 0 Å². The minimum absolute atomic E-state index is 1.25. The molecule has 0 aromatic rings. The molecule has 134 valence electrons. The lowest BCUT2D eigenvalue weighted by Crippen LogP contribution is -1.94. The molecular formula is C24H38. The molecule has 0 saturated heterocycles. The molecule has 0 aromatic heterocycles. The Morgan fingerprint density at radius 2 is 0.792 bits per heavy atom. The van der Waals surface area contributed by atoms with Crippen LogP contribution in [0.1, 0.15) is 103 Å². The average molecular weight is 327 g/mol. The smallest absolute Gasteiger partial charge is 0.0276 e. The lowest BCUT2D eigenvalue weighted by atomic mass is 9.92. The van der Waals surface area contributed by atoms with Crippen molar-refractivity contribution in [3.63, 3.8) is 0 Å². The SMILES string of the molecule is C1=C\CCCCCCCCC(/C2=C\C=C/CCCCCCCC2)=C/1. The van der Waals surface area contributed by atoms with Crippen molar-refractivity contribution in [1.29, 1.82) is 0 Å². The van der Waals surface area contributed by atoms with Crippen molar-refractivity contribution < 1.29 is 0 Å². The molecule has 24 heavy (non-hydrogen) atoms. The van der Waals surface area contributed by atoms with Crippen LogP contribution >= 0.6 is 0 Å². The molecule has 0 heteroatoms. The Labute approximate surface area is 150 Å². The Balaban J connectivity index is 2.06. The summed E-state index contributed by atoms with van der Waals surface area (Å²) >= 11 is 0. The van der Waals surface area contributed by atoms with Crippen molar-refractivity contribution in [3.8, 4) is 0 Å². The van der Waals surface area contributed by atoms with Gasteiger partial charge in [-0.2, -0.15) is 0 Å². The molecular weight excluding hydrogens is 288 g/mol. The molecule has 2 aliphatic carbocycles. The molecule has 0 radical (unpaired) electrons. The summed E-state index contributed by atoms with van der Waals surface area (Å²) in [5, 5.41) is 0. The maximum absolute atomic E-state index is 2.42. The molecule has 0 amide bonds. The van der Waals surface area contributed by atoms with E-state index in [2.05, 4.69) is 36.5 Å². The molecule has 0 N–H and O–H groups in total. The van der Waals surface area contributed by atoms with Crippen LogP contribution in [0, 0.1) is 0 Å². The first kappa shape index (κ1) is 19.3. The van der Waals surface area contributed by atoms with Gasteiger partial charge in [0, 0.05) is 0 Å². The van der Waals surface area contributed by atoms with E-state index < -0.39 is 0 Å². The van der Waals surface area contributed by atoms with Crippen LogP contribution < -0.4 is 0 Å². The molecule has 0 saturated carbocycles. The molecule has 0 heterocycles. The van der Waals surface area contributed by atoms with E-state index in [9.17, 15) is 0 Å². The second-order valence-electron chi connectivity index (χ2n) is 7.56. The van der Waals surface area contributed by atoms with Gasteiger partial charge in [0.25, 0.3) is 0 Å². The van der Waals surface area contributed by atoms with Crippen LogP contribution in [0.3, 0.4) is 0 Å². The van der Waals surface area contributed by atoms with Crippen LogP contribution in [-0.4, -0.2) is 0 Å². The summed E-state index contributed by atoms with van der Waals surface area (Å²) in [6.45, 7) is 0. The summed E-state index contributed by atoms with van der Waals surface area (Å²) in [6.07, 6.45) is 36.1. The third-order valence-electron chi connectivity index (χ3n) is 5.41. The Bertz CT molecular complexity index is 391. The van der Waals surface area contributed by atoms with Crippen molar-refractivity contribution in [2.24, 2.45) is 0 Å². The highest BCUT2D eigenvalue weighted by Gasteiger charge is 2.06. The van der Waals surface area contributed by atoms with Crippen molar-refractivity contribution in [2.75, 3.05) is 0 Å². The fourth-order valence-electron chi connectivity index (χ4n) is 3.83. The van der Waals surface area contributed by atoms with E-state index in [0.717, 1.165) is 0 Å². The van der Waals surface area contributed by atoms with E-state index in [1.807, 2.05) is 0 Å². The summed E-state index contributed by atoms with van der Waals surface area (Å²) in [5.74, 6) is 0. The number of rotatable bonds is 1. The Morgan fingerprint density at radius 3 is 1.25 bits per heavy atom. The first-order valence-electron chi connectivity index (χ1n) is 10.7. The molecule has 0 spiro atoms. The summed E-state index contributed by atoms with van der Waals surface area (Å²) in [4.78, 5) is 0. The second kappa shape index (κ2) is 13.3. The van der Waals surface area contributed by atoms with Crippen molar-refractivity contribution in [3.05, 3.63) is 47.6 Å². The highest BCUT2D eigenvalue weighted by atomic mass is 14.1. The van der Waals surface area contributed by atoms with Gasteiger partial charge in [-0.05, 0) is 62.5 Å². The zero-order valence-corrected chi connectivity index (χ0v) is 15.8. The van der Waals surface area contributed by atoms with Gasteiger partial charge in [-0.3, -0.25) is 0 Å². The number of allylic oxidation sites excluding steroid dienone is 8. The van der Waals surface area contributed by atoms with Crippen LogP contribution in [0.2, 0.25) is 0 Å². The molecule has 0 fully saturated rings. The molecule has 0 unspecified atom stereocenters. The molecule has 0 nitrogen and oxygen atoms in total. The Morgan fingerprint density at radius 1 is 0.417 bits per heavy atom. The van der Waals surface area contributed by atoms with E-state index in [4.69, 9.17) is 0 Å². The fourth-order valence-corrected chi connectivity index (χ4v) is 3.83. The summed E-state index contributed by atoms with van der Waals surface area (Å²) in [7, 11) is 0. The van der Waals surface area contributed by atoms with Crippen molar-refractivity contribution >= 4 is 0 Å². The van der Waals surface area contributed by atoms with Crippen LogP contribution in [0.4, 0.5) is 0 Å². The minimum atomic E-state index is 1.25. The topological polar surface area (TPSA) is 0 Å². The molecule has 0 aliphatic heterocycles. The Kier molecular flexibility index (Phi) is 10.7. The quantitative estimate of drug-likeness (QED) is 0.455. The largest absolute Gasteiger partial charge is 0.0845 e. The molecule has 0 atom stereocenters. The molecule has 2 rings (SSSR count). The van der Waals surface area contributed by atoms with Crippen molar-refractivity contribution in [1.82, 2.24) is 0 Å². The third kappa shape index (κ3) is 8.71. The standard InChI is InChI=1S/C24H38/c1-3-7-11-15-19-23(20-16-12-8-4-1)24-21-17-13-9-5-2-6-10-14-18-22-24/h11,13,15,17,19,21H,1-10,12,14,16,18,20,22H2/b15-11-,17-13-,23-19-,24-21-. The average Bonchev–Trinajstić information content (AvgIpc) is 2.56. The predicted octanol–water partition coefficient (Wildman–Crippen LogP) is 8.22. The van der Waals surface area contributed by atoms with E-state index in [1.54, 1.807) is 11.1 Å². The fraction of sp³-hybridized carbons (Fsp3) is 0.667. The van der Waals surface area contributed by atoms with E-state index in [1.165, 1.54) is 103 Å². The Hall–Kier alpha value is -1.04. The van der Waals surface area contributed by atoms with E-state index in [-0.39, 0.29) is 0 Å². The van der Waals surface area contributed by atoms with Crippen LogP contribution in [0.5, 0.6) is 0 Å². The number of hydrogen-bond acceptors (Lipinski definition) is 0. The summed E-state index contributed by atoms with van der Waals surface area (Å²) in [6, 6.07) is 0. The summed E-state index contributed by atoms with van der Waals surface area (Å²) in [5.41, 5.74) is 3.21. The summed E-state index contributed by atoms with van der Waals surface area (Å²) < 4.78 is 0. The van der Waals surface area contributed by atoms with Gasteiger partial charge < -0.3 is 0 Å². The van der Waals surface area contributed by atoms with Crippen molar-refractivity contribution in [2.45, 2.75) is 103 Å². The van der Waals surface area contributed by atoms with E-state index >= 15 is 0 Å². The second-order valence-corrected chi connectivity index (χ2v) is 7.56. The van der Waals surface area contributed by atoms with Gasteiger partial charge >= 0.3 is 0 Å². The van der Waals surface area contributed by atoms with Crippen LogP contribution in [0.25, 0.3) is 0 Å². The third-order valence-corrected chi connectivity index (χ3v) is 5.41. The predicted molar refractivity (Wildman–Crippen MR) is 108 cm³/mol. The monoisotopic (exact) mass is 326 g/mol. The molecule has 0 bridgehead atoms. The maximum Gasteiger partial charge on any atom is -0.0276 e. The first-order valence-corrected chi connectivity index (χ1v) is 10.7. The lowest BCUT2D eigenvalue weighted by Gasteiger charge is -2.13. The van der Waals surface area contributed by atoms with Crippen LogP contribution in [0.15, 0.2) is 47.6 Å². The molecule has 0 aromatic carbocycles. The van der Waals surface area contributed by atoms with Gasteiger partial charge in [0.2, 0.25) is 0 Å². The first-order chi connectivity index (χ1) is 12.0. The van der Waals surface area contributed by atoms with Gasteiger partial charge in [-0.15, -0.1) is 0 Å². The van der Waals surface area contributed by atoms with Gasteiger partial charge in [0.1, 0.15) is 0 Å². The normalized spacial score (nSPS) is 30.0. The molecule has 2 aliphatic rings. The minimum Gasteiger partial charge on any atom is -0.0845 e. The van der Waals surface area contributed by atoms with Gasteiger partial charge in [-0.1, -0.05) is 87.8 Å². The maximum atomic E-state index is 2.42. The number of hydrogen-bond donors (Lipinski definition) is 0. The highest BCUT2D eigenvalue weighted by molar-refractivity contribution is 5.36. The zero-order valence-electron chi connectivity index (χ0n) is 15.8. The van der Waals surface area contributed by atoms with Gasteiger partial charge in [0.15, 0.2) is 0 Å². The zero-order chi connectivity index (χ0) is 16.7. The highest BCUT2D eigenvalue weighted by Crippen LogP contribution is 2.25. The van der Waals surface area contributed by atoms with Gasteiger partial charge in [-0.25, -0.2) is 0 Å². The van der Waals surface area contributed by atoms with E-state index in [0.29, 0.717) is 0 Å².